The molecule has 0 radical (unpaired) electrons. The van der Waals surface area contributed by atoms with E-state index in [0.29, 0.717) is 11.7 Å². The van der Waals surface area contributed by atoms with E-state index in [1.165, 1.54) is 5.56 Å². The van der Waals surface area contributed by atoms with Crippen LogP contribution in [0.25, 0.3) is 0 Å². The predicted molar refractivity (Wildman–Crippen MR) is 90.2 cm³/mol. The Morgan fingerprint density at radius 3 is 2.75 bits per heavy atom. The van der Waals surface area contributed by atoms with E-state index in [0.717, 1.165) is 23.4 Å². The molecule has 4 rings (SSSR count). The molecule has 2 atom stereocenters. The molecular formula is C19H18N2O3. The number of benzene rings is 2. The van der Waals surface area contributed by atoms with Crippen LogP contribution in [0.4, 0.5) is 0 Å². The minimum atomic E-state index is -0.0241. The van der Waals surface area contributed by atoms with Gasteiger partial charge in [0.1, 0.15) is 0 Å². The second-order valence-corrected chi connectivity index (χ2v) is 6.10. The molecular weight excluding hydrogens is 304 g/mol. The molecule has 1 N–H and O–H groups in total. The lowest BCUT2D eigenvalue weighted by atomic mass is 10.1. The number of carbonyl (C=O) groups excluding carboxylic acids is 1. The first kappa shape index (κ1) is 14.8. The summed E-state index contributed by atoms with van der Waals surface area (Å²) in [5.41, 5.74) is 5.54. The Labute approximate surface area is 140 Å². The number of ether oxygens (including phenoxy) is 2. The van der Waals surface area contributed by atoms with Crippen LogP contribution >= 0.6 is 0 Å². The van der Waals surface area contributed by atoms with Gasteiger partial charge in [-0.25, -0.2) is 5.43 Å². The van der Waals surface area contributed by atoms with Crippen molar-refractivity contribution in [2.45, 2.75) is 19.3 Å². The summed E-state index contributed by atoms with van der Waals surface area (Å²) < 4.78 is 10.7. The maximum Gasteiger partial charge on any atom is 0.243 e. The van der Waals surface area contributed by atoms with Crippen molar-refractivity contribution in [2.75, 3.05) is 6.79 Å². The van der Waals surface area contributed by atoms with Crippen LogP contribution in [0.1, 0.15) is 30.4 Å². The molecule has 0 aromatic heterocycles. The average Bonchev–Trinajstić information content (AvgIpc) is 3.29. The third-order valence-electron chi connectivity index (χ3n) is 4.48. The van der Waals surface area contributed by atoms with Crippen LogP contribution in [-0.4, -0.2) is 18.4 Å². The number of fused-ring (bicyclic) bond motifs is 1. The maximum atomic E-state index is 12.2. The Morgan fingerprint density at radius 2 is 1.92 bits per heavy atom. The molecule has 1 heterocycles. The van der Waals surface area contributed by atoms with Crippen molar-refractivity contribution in [3.63, 3.8) is 0 Å². The van der Waals surface area contributed by atoms with Gasteiger partial charge in [0.25, 0.3) is 0 Å². The molecule has 1 aliphatic heterocycles. The molecule has 5 nitrogen and oxygen atoms in total. The zero-order valence-electron chi connectivity index (χ0n) is 13.4. The SMILES string of the molecule is C/C(=N/NC(=O)[C@H]1C[C@@H]1c1ccccc1)c1ccc2c(c1)OCO2. The normalized spacial score (nSPS) is 21.5. The van der Waals surface area contributed by atoms with E-state index in [4.69, 9.17) is 9.47 Å². The first-order valence-corrected chi connectivity index (χ1v) is 8.01. The highest BCUT2D eigenvalue weighted by Gasteiger charge is 2.43. The van der Waals surface area contributed by atoms with Crippen LogP contribution in [0.3, 0.4) is 0 Å². The summed E-state index contributed by atoms with van der Waals surface area (Å²) in [5.74, 6) is 1.75. The topological polar surface area (TPSA) is 59.9 Å². The van der Waals surface area contributed by atoms with Crippen LogP contribution < -0.4 is 14.9 Å². The summed E-state index contributed by atoms with van der Waals surface area (Å²) in [4.78, 5) is 12.2. The van der Waals surface area contributed by atoms with Gasteiger partial charge in [0.05, 0.1) is 5.71 Å². The van der Waals surface area contributed by atoms with Gasteiger partial charge in [0, 0.05) is 11.5 Å². The minimum absolute atomic E-state index is 0.0145. The molecule has 1 saturated carbocycles. The van der Waals surface area contributed by atoms with Crippen LogP contribution in [0.15, 0.2) is 53.6 Å². The Hall–Kier alpha value is -2.82. The van der Waals surface area contributed by atoms with E-state index in [9.17, 15) is 4.79 Å². The molecule has 1 fully saturated rings. The molecule has 0 saturated heterocycles. The molecule has 5 heteroatoms. The van der Waals surface area contributed by atoms with E-state index in [2.05, 4.69) is 22.7 Å². The van der Waals surface area contributed by atoms with Crippen molar-refractivity contribution in [3.05, 3.63) is 59.7 Å². The minimum Gasteiger partial charge on any atom is -0.454 e. The fraction of sp³-hybridized carbons (Fsp3) is 0.263. The molecule has 2 aliphatic rings. The fourth-order valence-electron chi connectivity index (χ4n) is 2.96. The zero-order valence-corrected chi connectivity index (χ0v) is 13.4. The zero-order chi connectivity index (χ0) is 16.5. The van der Waals surface area contributed by atoms with Gasteiger partial charge < -0.3 is 9.47 Å². The summed E-state index contributed by atoms with van der Waals surface area (Å²) in [6.07, 6.45) is 0.883. The van der Waals surface area contributed by atoms with Gasteiger partial charge in [-0.3, -0.25) is 4.79 Å². The number of hydrazone groups is 1. The molecule has 2 aromatic carbocycles. The van der Waals surface area contributed by atoms with Crippen molar-refractivity contribution >= 4 is 11.6 Å². The second-order valence-electron chi connectivity index (χ2n) is 6.10. The van der Waals surface area contributed by atoms with Crippen molar-refractivity contribution < 1.29 is 14.3 Å². The highest BCUT2D eigenvalue weighted by molar-refractivity contribution is 6.00. The third-order valence-corrected chi connectivity index (χ3v) is 4.48. The lowest BCUT2D eigenvalue weighted by Gasteiger charge is -2.04. The van der Waals surface area contributed by atoms with Crippen LogP contribution in [0.2, 0.25) is 0 Å². The van der Waals surface area contributed by atoms with Crippen LogP contribution in [-0.2, 0) is 4.79 Å². The molecule has 1 amide bonds. The number of hydrogen-bond acceptors (Lipinski definition) is 4. The molecule has 24 heavy (non-hydrogen) atoms. The van der Waals surface area contributed by atoms with Gasteiger partial charge >= 0.3 is 0 Å². The maximum absolute atomic E-state index is 12.2. The van der Waals surface area contributed by atoms with E-state index in [1.54, 1.807) is 0 Å². The van der Waals surface area contributed by atoms with Crippen molar-refractivity contribution in [2.24, 2.45) is 11.0 Å². The molecule has 122 valence electrons. The first-order valence-electron chi connectivity index (χ1n) is 8.01. The van der Waals surface area contributed by atoms with Gasteiger partial charge in [-0.15, -0.1) is 0 Å². The van der Waals surface area contributed by atoms with Crippen molar-refractivity contribution in [1.82, 2.24) is 5.43 Å². The monoisotopic (exact) mass is 322 g/mol. The predicted octanol–water partition coefficient (Wildman–Crippen LogP) is 3.06. The number of nitrogens with one attached hydrogen (secondary N) is 1. The van der Waals surface area contributed by atoms with E-state index in [-0.39, 0.29) is 18.6 Å². The Balaban J connectivity index is 1.39. The molecule has 1 aliphatic carbocycles. The highest BCUT2D eigenvalue weighted by Crippen LogP contribution is 2.47. The van der Waals surface area contributed by atoms with Crippen molar-refractivity contribution in [1.29, 1.82) is 0 Å². The highest BCUT2D eigenvalue weighted by atomic mass is 16.7. The molecule has 0 bridgehead atoms. The van der Waals surface area contributed by atoms with Gasteiger partial charge in [0.15, 0.2) is 11.5 Å². The van der Waals surface area contributed by atoms with E-state index in [1.807, 2.05) is 43.3 Å². The Morgan fingerprint density at radius 1 is 1.12 bits per heavy atom. The second kappa shape index (κ2) is 6.00. The Kier molecular flexibility index (Phi) is 3.69. The summed E-state index contributed by atoms with van der Waals surface area (Å²) in [5, 5.41) is 4.23. The lowest BCUT2D eigenvalue weighted by Crippen LogP contribution is -2.21. The van der Waals surface area contributed by atoms with Crippen LogP contribution in [0.5, 0.6) is 11.5 Å². The van der Waals surface area contributed by atoms with Crippen LogP contribution in [0, 0.1) is 5.92 Å². The standard InChI is InChI=1S/C19H18N2O3/c1-12(14-7-8-17-18(9-14)24-11-23-17)20-21-19(22)16-10-15(16)13-5-3-2-4-6-13/h2-9,15-16H,10-11H2,1H3,(H,21,22)/b20-12-/t15-,16+/m1/s1. The largest absolute Gasteiger partial charge is 0.454 e. The number of carbonyl (C=O) groups is 1. The first-order chi connectivity index (χ1) is 11.7. The lowest BCUT2D eigenvalue weighted by molar-refractivity contribution is -0.122. The van der Waals surface area contributed by atoms with Gasteiger partial charge in [0.2, 0.25) is 12.7 Å². The quantitative estimate of drug-likeness (QED) is 0.695. The van der Waals surface area contributed by atoms with E-state index < -0.39 is 0 Å². The van der Waals surface area contributed by atoms with Gasteiger partial charge in [-0.05, 0) is 43.0 Å². The molecule has 2 aromatic rings. The summed E-state index contributed by atoms with van der Waals surface area (Å²) in [7, 11) is 0. The average molecular weight is 322 g/mol. The van der Waals surface area contributed by atoms with Gasteiger partial charge in [-0.1, -0.05) is 30.3 Å². The smallest absolute Gasteiger partial charge is 0.243 e. The third kappa shape index (κ3) is 2.85. The van der Waals surface area contributed by atoms with Crippen molar-refractivity contribution in [3.8, 4) is 11.5 Å². The number of amides is 1. The Bertz CT molecular complexity index is 802. The van der Waals surface area contributed by atoms with E-state index >= 15 is 0 Å². The number of hydrogen-bond donors (Lipinski definition) is 1. The summed E-state index contributed by atoms with van der Waals surface area (Å²) in [6.45, 7) is 2.10. The summed E-state index contributed by atoms with van der Waals surface area (Å²) in [6, 6.07) is 15.8. The molecule has 0 spiro atoms. The fourth-order valence-corrected chi connectivity index (χ4v) is 2.96. The number of rotatable bonds is 4. The van der Waals surface area contributed by atoms with Gasteiger partial charge in [-0.2, -0.15) is 5.10 Å². The summed E-state index contributed by atoms with van der Waals surface area (Å²) >= 11 is 0. The number of nitrogens with zero attached hydrogens (tertiary/aromatic N) is 1. The molecule has 0 unspecified atom stereocenters.